The number of aryl methyl sites for hydroxylation is 1. The van der Waals surface area contributed by atoms with Crippen LogP contribution in [0.2, 0.25) is 0 Å². The molecule has 0 saturated heterocycles. The molecule has 0 heterocycles. The Labute approximate surface area is 107 Å². The van der Waals surface area contributed by atoms with Crippen molar-refractivity contribution in [1.82, 2.24) is 0 Å². The number of hydrogen-bond donors (Lipinski definition) is 1. The Morgan fingerprint density at radius 1 is 1.41 bits per heavy atom. The maximum absolute atomic E-state index is 11.4. The molecule has 0 aliphatic heterocycles. The molecule has 0 aliphatic carbocycles. The summed E-state index contributed by atoms with van der Waals surface area (Å²) in [5.74, 6) is 1.01. The van der Waals surface area contributed by atoms with Gasteiger partial charge in [-0.05, 0) is 38.5 Å². The molecular weight excluding hydrogens is 238 g/mol. The summed E-state index contributed by atoms with van der Waals surface area (Å²) >= 11 is 5.51. The van der Waals surface area contributed by atoms with Crippen molar-refractivity contribution in [2.75, 3.05) is 11.2 Å². The molecule has 1 rings (SSSR count). The van der Waals surface area contributed by atoms with Crippen LogP contribution in [0.25, 0.3) is 0 Å². The van der Waals surface area contributed by atoms with Crippen molar-refractivity contribution in [3.05, 3.63) is 23.8 Å². The lowest BCUT2D eigenvalue weighted by Gasteiger charge is -2.12. The summed E-state index contributed by atoms with van der Waals surface area (Å²) in [4.78, 5) is 11.4. The number of benzene rings is 1. The molecule has 3 nitrogen and oxygen atoms in total. The number of amides is 1. The van der Waals surface area contributed by atoms with Gasteiger partial charge in [-0.2, -0.15) is 0 Å². The lowest BCUT2D eigenvalue weighted by atomic mass is 10.2. The van der Waals surface area contributed by atoms with Crippen LogP contribution >= 0.6 is 11.6 Å². The van der Waals surface area contributed by atoms with Gasteiger partial charge >= 0.3 is 0 Å². The van der Waals surface area contributed by atoms with Crippen LogP contribution in [0.15, 0.2) is 18.2 Å². The third-order valence-corrected chi connectivity index (χ3v) is 2.22. The Hall–Kier alpha value is -1.22. The number of rotatable bonds is 5. The molecule has 1 aromatic carbocycles. The van der Waals surface area contributed by atoms with Gasteiger partial charge in [0.2, 0.25) is 5.91 Å². The largest absolute Gasteiger partial charge is 0.491 e. The van der Waals surface area contributed by atoms with E-state index in [4.69, 9.17) is 16.3 Å². The van der Waals surface area contributed by atoms with Gasteiger partial charge in [-0.15, -0.1) is 11.6 Å². The van der Waals surface area contributed by atoms with E-state index in [-0.39, 0.29) is 12.0 Å². The molecule has 0 spiro atoms. The number of hydrogen-bond acceptors (Lipinski definition) is 2. The van der Waals surface area contributed by atoms with Gasteiger partial charge in [0, 0.05) is 24.1 Å². The standard InChI is InChI=1S/C13H18ClNO2/c1-9(2)17-12-7-10(3)6-11(8-12)15-13(16)4-5-14/h6-9H,4-5H2,1-3H3,(H,15,16). The van der Waals surface area contributed by atoms with E-state index in [1.165, 1.54) is 0 Å². The highest BCUT2D eigenvalue weighted by Gasteiger charge is 2.05. The second-order valence-corrected chi connectivity index (χ2v) is 4.57. The maximum atomic E-state index is 11.4. The number of carbonyl (C=O) groups is 1. The van der Waals surface area contributed by atoms with E-state index < -0.39 is 0 Å². The van der Waals surface area contributed by atoms with E-state index in [2.05, 4.69) is 5.32 Å². The van der Waals surface area contributed by atoms with Crippen molar-refractivity contribution in [2.24, 2.45) is 0 Å². The molecule has 0 unspecified atom stereocenters. The van der Waals surface area contributed by atoms with Crippen LogP contribution in [0.4, 0.5) is 5.69 Å². The topological polar surface area (TPSA) is 38.3 Å². The van der Waals surface area contributed by atoms with Gasteiger partial charge in [-0.3, -0.25) is 4.79 Å². The molecule has 0 fully saturated rings. The minimum absolute atomic E-state index is 0.0823. The third kappa shape index (κ3) is 5.09. The SMILES string of the molecule is Cc1cc(NC(=O)CCCl)cc(OC(C)C)c1. The highest BCUT2D eigenvalue weighted by molar-refractivity contribution is 6.19. The number of nitrogens with one attached hydrogen (secondary N) is 1. The zero-order valence-electron chi connectivity index (χ0n) is 10.4. The van der Waals surface area contributed by atoms with Gasteiger partial charge in [0.1, 0.15) is 5.75 Å². The molecule has 0 aliphatic rings. The number of ether oxygens (including phenoxy) is 1. The fourth-order valence-electron chi connectivity index (χ4n) is 1.47. The summed E-state index contributed by atoms with van der Waals surface area (Å²) in [5.41, 5.74) is 1.79. The molecule has 4 heteroatoms. The molecule has 1 N–H and O–H groups in total. The van der Waals surface area contributed by atoms with E-state index in [1.54, 1.807) is 0 Å². The lowest BCUT2D eigenvalue weighted by molar-refractivity contribution is -0.115. The average molecular weight is 256 g/mol. The molecular formula is C13H18ClNO2. The summed E-state index contributed by atoms with van der Waals surface area (Å²) < 4.78 is 5.60. The summed E-state index contributed by atoms with van der Waals surface area (Å²) in [7, 11) is 0. The van der Waals surface area contributed by atoms with Crippen molar-refractivity contribution in [1.29, 1.82) is 0 Å². The fourth-order valence-corrected chi connectivity index (χ4v) is 1.64. The van der Waals surface area contributed by atoms with Crippen molar-refractivity contribution in [3.8, 4) is 5.75 Å². The Balaban J connectivity index is 2.78. The normalized spacial score (nSPS) is 10.4. The Bertz CT molecular complexity index is 391. The molecule has 1 aromatic rings. The van der Waals surface area contributed by atoms with Gasteiger partial charge in [0.05, 0.1) is 6.10 Å². The number of alkyl halides is 1. The van der Waals surface area contributed by atoms with Crippen LogP contribution in [0, 0.1) is 6.92 Å². The number of anilines is 1. The second kappa shape index (κ2) is 6.50. The van der Waals surface area contributed by atoms with Crippen molar-refractivity contribution < 1.29 is 9.53 Å². The Morgan fingerprint density at radius 3 is 2.71 bits per heavy atom. The molecule has 0 aromatic heterocycles. The zero-order chi connectivity index (χ0) is 12.8. The number of halogens is 1. The first kappa shape index (κ1) is 13.8. The number of carbonyl (C=O) groups excluding carboxylic acids is 1. The van der Waals surface area contributed by atoms with E-state index in [0.29, 0.717) is 12.3 Å². The maximum Gasteiger partial charge on any atom is 0.225 e. The highest BCUT2D eigenvalue weighted by Crippen LogP contribution is 2.21. The van der Waals surface area contributed by atoms with E-state index >= 15 is 0 Å². The Morgan fingerprint density at radius 2 is 2.12 bits per heavy atom. The first-order valence-corrected chi connectivity index (χ1v) is 6.19. The fraction of sp³-hybridized carbons (Fsp3) is 0.462. The quantitative estimate of drug-likeness (QED) is 0.820. The summed E-state index contributed by atoms with van der Waals surface area (Å²) in [6, 6.07) is 5.66. The van der Waals surface area contributed by atoms with Crippen molar-refractivity contribution in [2.45, 2.75) is 33.3 Å². The minimum Gasteiger partial charge on any atom is -0.491 e. The molecule has 0 radical (unpaired) electrons. The Kier molecular flexibility index (Phi) is 5.29. The summed E-state index contributed by atoms with van der Waals surface area (Å²) in [6.07, 6.45) is 0.429. The monoisotopic (exact) mass is 255 g/mol. The average Bonchev–Trinajstić information content (AvgIpc) is 2.14. The van der Waals surface area contributed by atoms with Crippen LogP contribution < -0.4 is 10.1 Å². The zero-order valence-corrected chi connectivity index (χ0v) is 11.2. The first-order chi connectivity index (χ1) is 8.01. The van der Waals surface area contributed by atoms with Gasteiger partial charge < -0.3 is 10.1 Å². The van der Waals surface area contributed by atoms with Crippen molar-refractivity contribution in [3.63, 3.8) is 0 Å². The van der Waals surface area contributed by atoms with Crippen LogP contribution in [0.3, 0.4) is 0 Å². The third-order valence-electron chi connectivity index (χ3n) is 2.03. The van der Waals surface area contributed by atoms with E-state index in [1.807, 2.05) is 39.0 Å². The first-order valence-electron chi connectivity index (χ1n) is 5.65. The van der Waals surface area contributed by atoms with Crippen LogP contribution in [0.5, 0.6) is 5.75 Å². The van der Waals surface area contributed by atoms with Crippen LogP contribution in [-0.4, -0.2) is 17.9 Å². The summed E-state index contributed by atoms with van der Waals surface area (Å²) in [6.45, 7) is 5.90. The molecule has 0 atom stereocenters. The second-order valence-electron chi connectivity index (χ2n) is 4.19. The predicted octanol–water partition coefficient (Wildman–Crippen LogP) is 3.35. The van der Waals surface area contributed by atoms with Crippen LogP contribution in [0.1, 0.15) is 25.8 Å². The summed E-state index contributed by atoms with van der Waals surface area (Å²) in [5, 5.41) is 2.79. The van der Waals surface area contributed by atoms with Crippen LogP contribution in [-0.2, 0) is 4.79 Å². The minimum atomic E-state index is -0.0823. The smallest absolute Gasteiger partial charge is 0.225 e. The van der Waals surface area contributed by atoms with Crippen molar-refractivity contribution >= 4 is 23.2 Å². The van der Waals surface area contributed by atoms with Gasteiger partial charge in [-0.1, -0.05) is 0 Å². The lowest BCUT2D eigenvalue weighted by Crippen LogP contribution is -2.12. The highest BCUT2D eigenvalue weighted by atomic mass is 35.5. The molecule has 17 heavy (non-hydrogen) atoms. The van der Waals surface area contributed by atoms with Gasteiger partial charge in [0.15, 0.2) is 0 Å². The molecule has 94 valence electrons. The van der Waals surface area contributed by atoms with Gasteiger partial charge in [0.25, 0.3) is 0 Å². The van der Waals surface area contributed by atoms with E-state index in [0.717, 1.165) is 17.0 Å². The molecule has 1 amide bonds. The van der Waals surface area contributed by atoms with E-state index in [9.17, 15) is 4.79 Å². The molecule has 0 saturated carbocycles. The predicted molar refractivity (Wildman–Crippen MR) is 70.9 cm³/mol. The van der Waals surface area contributed by atoms with Gasteiger partial charge in [-0.25, -0.2) is 0 Å². The molecule has 0 bridgehead atoms.